The average molecular weight is 280 g/mol. The van der Waals surface area contributed by atoms with Gasteiger partial charge in [0.15, 0.2) is 11.4 Å². The second-order valence-electron chi connectivity index (χ2n) is 6.51. The molecule has 0 spiro atoms. The van der Waals surface area contributed by atoms with Gasteiger partial charge < -0.3 is 14.9 Å². The second kappa shape index (κ2) is 4.40. The van der Waals surface area contributed by atoms with Crippen LogP contribution in [0.15, 0.2) is 11.6 Å². The maximum absolute atomic E-state index is 12.2. The van der Waals surface area contributed by atoms with E-state index in [0.717, 1.165) is 6.42 Å². The zero-order chi connectivity index (χ0) is 14.7. The molecule has 2 N–H and O–H groups in total. The third kappa shape index (κ3) is 1.69. The van der Waals surface area contributed by atoms with Crippen molar-refractivity contribution in [3.63, 3.8) is 0 Å². The first-order valence-electron chi connectivity index (χ1n) is 7.16. The molecule has 0 aromatic heterocycles. The van der Waals surface area contributed by atoms with Crippen molar-refractivity contribution in [3.05, 3.63) is 11.6 Å². The van der Waals surface area contributed by atoms with Crippen LogP contribution >= 0.6 is 0 Å². The molecule has 0 aromatic carbocycles. The van der Waals surface area contributed by atoms with Crippen LogP contribution in [-0.2, 0) is 14.3 Å². The fraction of sp³-hybridized carbons (Fsp3) is 0.733. The van der Waals surface area contributed by atoms with E-state index >= 15 is 0 Å². The summed E-state index contributed by atoms with van der Waals surface area (Å²) in [6.45, 7) is 3.30. The maximum Gasteiger partial charge on any atom is 0.338 e. The highest BCUT2D eigenvalue weighted by molar-refractivity contribution is 5.96. The molecule has 2 aliphatic carbocycles. The third-order valence-corrected chi connectivity index (χ3v) is 5.33. The Labute approximate surface area is 117 Å². The molecule has 0 radical (unpaired) electrons. The van der Waals surface area contributed by atoms with E-state index in [-0.39, 0.29) is 36.1 Å². The molecule has 1 aliphatic heterocycles. The quantitative estimate of drug-likeness (QED) is 0.681. The molecule has 0 amide bonds. The van der Waals surface area contributed by atoms with Crippen molar-refractivity contribution in [1.29, 1.82) is 0 Å². The first-order chi connectivity index (χ1) is 9.37. The van der Waals surface area contributed by atoms with Crippen molar-refractivity contribution in [2.24, 2.45) is 23.7 Å². The number of hydrogen-bond donors (Lipinski definition) is 2. The minimum atomic E-state index is -1.49. The Balaban J connectivity index is 2.04. The molecule has 0 bridgehead atoms. The van der Waals surface area contributed by atoms with E-state index in [1.807, 2.05) is 6.92 Å². The van der Waals surface area contributed by atoms with Gasteiger partial charge in [-0.05, 0) is 37.3 Å². The van der Waals surface area contributed by atoms with Gasteiger partial charge in [0.1, 0.15) is 6.10 Å². The van der Waals surface area contributed by atoms with E-state index in [2.05, 4.69) is 0 Å². The van der Waals surface area contributed by atoms with Crippen LogP contribution in [0.1, 0.15) is 26.7 Å². The van der Waals surface area contributed by atoms with E-state index in [1.54, 1.807) is 0 Å². The average Bonchev–Trinajstić information content (AvgIpc) is 2.76. The van der Waals surface area contributed by atoms with Crippen LogP contribution in [0.5, 0.6) is 0 Å². The summed E-state index contributed by atoms with van der Waals surface area (Å²) in [6.07, 6.45) is 2.42. The molecule has 3 rings (SSSR count). The Morgan fingerprint density at radius 3 is 2.70 bits per heavy atom. The molecular weight excluding hydrogens is 260 g/mol. The van der Waals surface area contributed by atoms with E-state index in [1.165, 1.54) is 13.0 Å². The summed E-state index contributed by atoms with van der Waals surface area (Å²) in [5.41, 5.74) is -0.861. The highest BCUT2D eigenvalue weighted by Gasteiger charge is 2.60. The maximum atomic E-state index is 12.2. The molecule has 2 fully saturated rings. The molecule has 5 nitrogen and oxygen atoms in total. The number of carbonyl (C=O) groups excluding carboxylic acids is 2. The van der Waals surface area contributed by atoms with Crippen LogP contribution in [-0.4, -0.2) is 40.3 Å². The molecule has 20 heavy (non-hydrogen) atoms. The number of ether oxygens (including phenoxy) is 1. The Kier molecular flexibility index (Phi) is 3.03. The molecule has 1 saturated carbocycles. The molecular formula is C15H20O5. The molecule has 110 valence electrons. The van der Waals surface area contributed by atoms with Gasteiger partial charge in [-0.1, -0.05) is 6.92 Å². The van der Waals surface area contributed by atoms with Gasteiger partial charge in [0, 0.05) is 17.8 Å². The molecule has 1 heterocycles. The van der Waals surface area contributed by atoms with Crippen molar-refractivity contribution in [1.82, 2.24) is 0 Å². The summed E-state index contributed by atoms with van der Waals surface area (Å²) in [6, 6.07) is 0. The molecule has 5 heteroatoms. The smallest absolute Gasteiger partial charge is 0.338 e. The van der Waals surface area contributed by atoms with Gasteiger partial charge in [0.05, 0.1) is 6.61 Å². The van der Waals surface area contributed by atoms with Crippen LogP contribution in [0.3, 0.4) is 0 Å². The summed E-state index contributed by atoms with van der Waals surface area (Å²) in [7, 11) is 0. The lowest BCUT2D eigenvalue weighted by Crippen LogP contribution is -2.40. The van der Waals surface area contributed by atoms with Gasteiger partial charge in [-0.25, -0.2) is 4.79 Å². The standard InChI is InChI=1S/C15H20O5/c1-7-3-4-9-13(20-14(18)15(9,2)19)12-8(6-16)5-10(17)11(7)12/h5,7,9,11-13,16,19H,3-4,6H2,1-2H3. The van der Waals surface area contributed by atoms with Gasteiger partial charge in [0.2, 0.25) is 0 Å². The van der Waals surface area contributed by atoms with E-state index in [9.17, 15) is 19.8 Å². The van der Waals surface area contributed by atoms with E-state index in [0.29, 0.717) is 12.0 Å². The van der Waals surface area contributed by atoms with Crippen molar-refractivity contribution in [3.8, 4) is 0 Å². The predicted molar refractivity (Wildman–Crippen MR) is 69.5 cm³/mol. The molecule has 6 atom stereocenters. The van der Waals surface area contributed by atoms with Gasteiger partial charge in [-0.3, -0.25) is 4.79 Å². The lowest BCUT2D eigenvalue weighted by Gasteiger charge is -2.29. The zero-order valence-corrected chi connectivity index (χ0v) is 11.7. The second-order valence-corrected chi connectivity index (χ2v) is 6.51. The van der Waals surface area contributed by atoms with Crippen LogP contribution in [0.25, 0.3) is 0 Å². The Morgan fingerprint density at radius 2 is 2.05 bits per heavy atom. The number of aliphatic hydroxyl groups excluding tert-OH is 1. The van der Waals surface area contributed by atoms with Gasteiger partial charge >= 0.3 is 5.97 Å². The fourth-order valence-electron chi connectivity index (χ4n) is 4.17. The van der Waals surface area contributed by atoms with Crippen LogP contribution in [0, 0.1) is 23.7 Å². The van der Waals surface area contributed by atoms with Crippen LogP contribution in [0.4, 0.5) is 0 Å². The summed E-state index contributed by atoms with van der Waals surface area (Å²) < 4.78 is 5.41. The molecule has 1 saturated heterocycles. The topological polar surface area (TPSA) is 83.8 Å². The summed E-state index contributed by atoms with van der Waals surface area (Å²) in [4.78, 5) is 24.1. The Morgan fingerprint density at radius 1 is 1.35 bits per heavy atom. The number of allylic oxidation sites excluding steroid dienone is 1. The van der Waals surface area contributed by atoms with Crippen molar-refractivity contribution < 1.29 is 24.5 Å². The lowest BCUT2D eigenvalue weighted by atomic mass is 9.76. The van der Waals surface area contributed by atoms with Crippen LogP contribution in [0.2, 0.25) is 0 Å². The number of rotatable bonds is 1. The summed E-state index contributed by atoms with van der Waals surface area (Å²) >= 11 is 0. The zero-order valence-electron chi connectivity index (χ0n) is 11.7. The number of carbonyl (C=O) groups is 2. The number of fused-ring (bicyclic) bond motifs is 3. The molecule has 0 aromatic rings. The largest absolute Gasteiger partial charge is 0.459 e. The first kappa shape index (κ1) is 13.8. The van der Waals surface area contributed by atoms with Gasteiger partial charge in [-0.15, -0.1) is 0 Å². The third-order valence-electron chi connectivity index (χ3n) is 5.33. The first-order valence-corrected chi connectivity index (χ1v) is 7.16. The summed E-state index contributed by atoms with van der Waals surface area (Å²) in [5, 5.41) is 19.9. The monoisotopic (exact) mass is 280 g/mol. The van der Waals surface area contributed by atoms with E-state index < -0.39 is 17.7 Å². The van der Waals surface area contributed by atoms with Gasteiger partial charge in [-0.2, -0.15) is 0 Å². The van der Waals surface area contributed by atoms with Crippen molar-refractivity contribution in [2.45, 2.75) is 38.4 Å². The normalized spacial score (nSPS) is 47.4. The highest BCUT2D eigenvalue weighted by atomic mass is 16.6. The number of hydrogen-bond acceptors (Lipinski definition) is 5. The van der Waals surface area contributed by atoms with Crippen molar-refractivity contribution >= 4 is 11.8 Å². The highest BCUT2D eigenvalue weighted by Crippen LogP contribution is 2.50. The predicted octanol–water partition coefficient (Wildman–Crippen LogP) is 0.443. The van der Waals surface area contributed by atoms with Gasteiger partial charge in [0.25, 0.3) is 0 Å². The number of esters is 1. The fourth-order valence-corrected chi connectivity index (χ4v) is 4.17. The molecule has 6 unspecified atom stereocenters. The lowest BCUT2D eigenvalue weighted by molar-refractivity contribution is -0.155. The number of aliphatic hydroxyl groups is 2. The van der Waals surface area contributed by atoms with E-state index in [4.69, 9.17) is 4.74 Å². The van der Waals surface area contributed by atoms with Crippen LogP contribution < -0.4 is 0 Å². The SMILES string of the molecule is CC1CCC2C(OC(=O)C2(C)O)C2C(CO)=CC(=O)C12. The Bertz CT molecular complexity index is 492. The minimum absolute atomic E-state index is 0.00907. The minimum Gasteiger partial charge on any atom is -0.459 e. The molecule has 3 aliphatic rings. The Hall–Kier alpha value is -1.20. The number of ketones is 1. The summed E-state index contributed by atoms with van der Waals surface area (Å²) in [5.74, 6) is -1.28. The van der Waals surface area contributed by atoms with Crippen molar-refractivity contribution in [2.75, 3.05) is 6.61 Å².